The van der Waals surface area contributed by atoms with Crippen LogP contribution in [0.2, 0.25) is 5.02 Å². The van der Waals surface area contributed by atoms with E-state index in [0.717, 1.165) is 0 Å². The van der Waals surface area contributed by atoms with Gasteiger partial charge in [-0.05, 0) is 18.2 Å². The van der Waals surface area contributed by atoms with E-state index in [4.69, 9.17) is 16.9 Å². The van der Waals surface area contributed by atoms with Crippen LogP contribution in [0.1, 0.15) is 5.56 Å². The van der Waals surface area contributed by atoms with Gasteiger partial charge >= 0.3 is 0 Å². The Morgan fingerprint density at radius 2 is 1.68 bits per heavy atom. The fourth-order valence-corrected chi connectivity index (χ4v) is 1.68. The van der Waals surface area contributed by atoms with Crippen LogP contribution in [0.15, 0.2) is 30.3 Å². The molecule has 0 heterocycles. The van der Waals surface area contributed by atoms with Crippen LogP contribution in [0.4, 0.5) is 24.5 Å². The number of nitriles is 1. The lowest BCUT2D eigenvalue weighted by atomic mass is 10.2. The molecule has 0 saturated carbocycles. The maximum absolute atomic E-state index is 13.4. The van der Waals surface area contributed by atoms with Crippen molar-refractivity contribution in [3.8, 4) is 6.07 Å². The van der Waals surface area contributed by atoms with Gasteiger partial charge < -0.3 is 5.32 Å². The van der Waals surface area contributed by atoms with Gasteiger partial charge in [0.15, 0.2) is 11.6 Å². The molecule has 0 spiro atoms. The molecule has 19 heavy (non-hydrogen) atoms. The molecule has 0 aliphatic heterocycles. The summed E-state index contributed by atoms with van der Waals surface area (Å²) in [5, 5.41) is 11.4. The SMILES string of the molecule is N#Cc1ccc(Nc2cc(F)c(F)cc2F)cc1Cl. The minimum Gasteiger partial charge on any atom is -0.353 e. The van der Waals surface area contributed by atoms with E-state index in [2.05, 4.69) is 5.32 Å². The third-order valence-electron chi connectivity index (χ3n) is 2.38. The van der Waals surface area contributed by atoms with Crippen LogP contribution in [0.3, 0.4) is 0 Å². The molecule has 0 fully saturated rings. The number of hydrogen-bond donors (Lipinski definition) is 1. The molecule has 0 aromatic heterocycles. The summed E-state index contributed by atoms with van der Waals surface area (Å²) in [6, 6.07) is 7.32. The minimum atomic E-state index is -1.26. The van der Waals surface area contributed by atoms with Crippen LogP contribution in [-0.2, 0) is 0 Å². The zero-order chi connectivity index (χ0) is 14.0. The normalized spacial score (nSPS) is 10.1. The second-order valence-corrected chi connectivity index (χ2v) is 4.08. The van der Waals surface area contributed by atoms with E-state index in [-0.39, 0.29) is 16.3 Å². The first-order valence-corrected chi connectivity index (χ1v) is 5.50. The van der Waals surface area contributed by atoms with Gasteiger partial charge in [0.1, 0.15) is 11.9 Å². The van der Waals surface area contributed by atoms with Crippen molar-refractivity contribution >= 4 is 23.0 Å². The molecule has 0 radical (unpaired) electrons. The highest BCUT2D eigenvalue weighted by atomic mass is 35.5. The predicted molar refractivity (Wildman–Crippen MR) is 65.8 cm³/mol. The largest absolute Gasteiger partial charge is 0.353 e. The highest BCUT2D eigenvalue weighted by molar-refractivity contribution is 6.32. The van der Waals surface area contributed by atoms with Crippen molar-refractivity contribution in [2.75, 3.05) is 5.32 Å². The van der Waals surface area contributed by atoms with E-state index in [1.807, 2.05) is 6.07 Å². The number of rotatable bonds is 2. The molecule has 2 nitrogen and oxygen atoms in total. The number of nitrogens with zero attached hydrogens (tertiary/aromatic N) is 1. The Kier molecular flexibility index (Phi) is 3.63. The lowest BCUT2D eigenvalue weighted by Crippen LogP contribution is -1.97. The molecular formula is C13H6ClF3N2. The molecule has 0 atom stereocenters. The van der Waals surface area contributed by atoms with Gasteiger partial charge in [0, 0.05) is 17.8 Å². The topological polar surface area (TPSA) is 35.8 Å². The average Bonchev–Trinajstić information content (AvgIpc) is 2.36. The Hall–Kier alpha value is -2.19. The molecule has 96 valence electrons. The monoisotopic (exact) mass is 282 g/mol. The molecule has 0 saturated heterocycles. The van der Waals surface area contributed by atoms with Gasteiger partial charge in [0.05, 0.1) is 16.3 Å². The number of hydrogen-bond acceptors (Lipinski definition) is 2. The molecule has 2 aromatic rings. The Bertz CT molecular complexity index is 680. The van der Waals surface area contributed by atoms with Crippen LogP contribution in [-0.4, -0.2) is 0 Å². The van der Waals surface area contributed by atoms with E-state index < -0.39 is 17.5 Å². The molecule has 0 aliphatic carbocycles. The summed E-state index contributed by atoms with van der Waals surface area (Å²) in [5.41, 5.74) is 0.395. The lowest BCUT2D eigenvalue weighted by molar-refractivity contribution is 0.496. The van der Waals surface area contributed by atoms with Crippen molar-refractivity contribution in [3.05, 3.63) is 58.4 Å². The van der Waals surface area contributed by atoms with Crippen molar-refractivity contribution in [2.24, 2.45) is 0 Å². The molecule has 0 aliphatic rings. The van der Waals surface area contributed by atoms with E-state index in [1.165, 1.54) is 18.2 Å². The van der Waals surface area contributed by atoms with Crippen molar-refractivity contribution in [2.45, 2.75) is 0 Å². The Morgan fingerprint density at radius 1 is 1.00 bits per heavy atom. The highest BCUT2D eigenvalue weighted by Gasteiger charge is 2.10. The van der Waals surface area contributed by atoms with Crippen molar-refractivity contribution in [1.29, 1.82) is 5.26 Å². The van der Waals surface area contributed by atoms with Gasteiger partial charge in [-0.25, -0.2) is 13.2 Å². The fourth-order valence-electron chi connectivity index (χ4n) is 1.46. The average molecular weight is 283 g/mol. The van der Waals surface area contributed by atoms with Gasteiger partial charge in [-0.2, -0.15) is 5.26 Å². The predicted octanol–water partition coefficient (Wildman–Crippen LogP) is 4.37. The van der Waals surface area contributed by atoms with E-state index in [9.17, 15) is 13.2 Å². The molecule has 2 aromatic carbocycles. The summed E-state index contributed by atoms with van der Waals surface area (Å²) in [6.45, 7) is 0. The van der Waals surface area contributed by atoms with E-state index in [0.29, 0.717) is 17.8 Å². The zero-order valence-corrected chi connectivity index (χ0v) is 10.1. The molecule has 0 unspecified atom stereocenters. The van der Waals surface area contributed by atoms with Crippen molar-refractivity contribution in [3.63, 3.8) is 0 Å². The standard InChI is InChI=1S/C13H6ClF3N2/c14-9-3-8(2-1-7(9)6-18)19-13-5-11(16)10(15)4-12(13)17/h1-5,19H. The third-order valence-corrected chi connectivity index (χ3v) is 2.69. The zero-order valence-electron chi connectivity index (χ0n) is 9.35. The summed E-state index contributed by atoms with van der Waals surface area (Å²) in [7, 11) is 0. The Morgan fingerprint density at radius 3 is 2.32 bits per heavy atom. The molecule has 0 amide bonds. The maximum atomic E-state index is 13.4. The van der Waals surface area contributed by atoms with Crippen LogP contribution < -0.4 is 5.32 Å². The maximum Gasteiger partial charge on any atom is 0.161 e. The van der Waals surface area contributed by atoms with Crippen LogP contribution >= 0.6 is 11.6 Å². The highest BCUT2D eigenvalue weighted by Crippen LogP contribution is 2.26. The van der Waals surface area contributed by atoms with Crippen LogP contribution in [0.5, 0.6) is 0 Å². The number of nitrogens with one attached hydrogen (secondary N) is 1. The summed E-state index contributed by atoms with van der Waals surface area (Å²) in [5.74, 6) is -3.36. The summed E-state index contributed by atoms with van der Waals surface area (Å²) >= 11 is 5.80. The Balaban J connectivity index is 2.34. The van der Waals surface area contributed by atoms with E-state index >= 15 is 0 Å². The van der Waals surface area contributed by atoms with Crippen LogP contribution in [0.25, 0.3) is 0 Å². The van der Waals surface area contributed by atoms with Gasteiger partial charge in [-0.1, -0.05) is 11.6 Å². The molecular weight excluding hydrogens is 277 g/mol. The first-order chi connectivity index (χ1) is 9.01. The molecule has 0 bridgehead atoms. The van der Waals surface area contributed by atoms with Gasteiger partial charge in [0.25, 0.3) is 0 Å². The fraction of sp³-hybridized carbons (Fsp3) is 0. The lowest BCUT2D eigenvalue weighted by Gasteiger charge is -2.09. The summed E-state index contributed by atoms with van der Waals surface area (Å²) in [6.07, 6.45) is 0. The number of anilines is 2. The quantitative estimate of drug-likeness (QED) is 0.830. The van der Waals surface area contributed by atoms with Gasteiger partial charge in [0.2, 0.25) is 0 Å². The smallest absolute Gasteiger partial charge is 0.161 e. The van der Waals surface area contributed by atoms with Gasteiger partial charge in [-0.15, -0.1) is 0 Å². The molecule has 6 heteroatoms. The van der Waals surface area contributed by atoms with Crippen LogP contribution in [0, 0.1) is 28.8 Å². The molecule has 2 rings (SSSR count). The van der Waals surface area contributed by atoms with Gasteiger partial charge in [-0.3, -0.25) is 0 Å². The first-order valence-electron chi connectivity index (χ1n) is 5.12. The molecule has 1 N–H and O–H groups in total. The Labute approximate surface area is 112 Å². The van der Waals surface area contributed by atoms with Crippen molar-refractivity contribution < 1.29 is 13.2 Å². The number of halogens is 4. The first kappa shape index (κ1) is 13.2. The summed E-state index contributed by atoms with van der Waals surface area (Å²) < 4.78 is 39.2. The van der Waals surface area contributed by atoms with E-state index in [1.54, 1.807) is 0 Å². The second-order valence-electron chi connectivity index (χ2n) is 3.68. The minimum absolute atomic E-state index is 0.176. The summed E-state index contributed by atoms with van der Waals surface area (Å²) in [4.78, 5) is 0. The van der Waals surface area contributed by atoms with Crippen molar-refractivity contribution in [1.82, 2.24) is 0 Å². The second kappa shape index (κ2) is 5.21. The third kappa shape index (κ3) is 2.80. The number of benzene rings is 2.